The van der Waals surface area contributed by atoms with Crippen LogP contribution in [0.5, 0.6) is 0 Å². The summed E-state index contributed by atoms with van der Waals surface area (Å²) in [6, 6.07) is 0. The Balaban J connectivity index is 1.83. The van der Waals surface area contributed by atoms with E-state index < -0.39 is 0 Å². The van der Waals surface area contributed by atoms with Crippen molar-refractivity contribution in [3.05, 3.63) is 0 Å². The Morgan fingerprint density at radius 3 is 2.29 bits per heavy atom. The van der Waals surface area contributed by atoms with Gasteiger partial charge in [0.25, 0.3) is 0 Å². The predicted molar refractivity (Wildman–Crippen MR) is 73.6 cm³/mol. The smallest absolute Gasteiger partial charge is 0.187 e. The van der Waals surface area contributed by atoms with Crippen LogP contribution in [0.4, 0.5) is 0 Å². The van der Waals surface area contributed by atoms with Gasteiger partial charge in [-0.3, -0.25) is 4.79 Å². The maximum absolute atomic E-state index is 12.4. The van der Waals surface area contributed by atoms with Crippen molar-refractivity contribution in [3.8, 4) is 0 Å². The molecule has 0 spiro atoms. The van der Waals surface area contributed by atoms with Crippen LogP contribution in [0.15, 0.2) is 0 Å². The van der Waals surface area contributed by atoms with Gasteiger partial charge in [-0.1, -0.05) is 0 Å². The molecule has 0 aromatic carbocycles. The van der Waals surface area contributed by atoms with Gasteiger partial charge in [0.05, 0.1) is 6.10 Å². The highest BCUT2D eigenvalue weighted by molar-refractivity contribution is 7.98. The van der Waals surface area contributed by atoms with E-state index in [1.54, 1.807) is 7.11 Å². The number of rotatable bonds is 4. The van der Waals surface area contributed by atoms with Crippen LogP contribution in [-0.2, 0) is 20.4 Å². The maximum Gasteiger partial charge on any atom is 0.187 e. The average molecular weight is 257 g/mol. The normalized spacial score (nSPS) is 32.6. The van der Waals surface area contributed by atoms with Crippen LogP contribution in [0.1, 0.15) is 45.4 Å². The minimum absolute atomic E-state index is 0.335. The first-order chi connectivity index (χ1) is 8.22. The first-order valence-electron chi connectivity index (χ1n) is 6.95. The second kappa shape index (κ2) is 6.24. The van der Waals surface area contributed by atoms with Crippen LogP contribution < -0.4 is 0 Å². The fraction of sp³-hybridized carbons (Fsp3) is 0.929. The summed E-state index contributed by atoms with van der Waals surface area (Å²) < 4.78 is 5.37. The van der Waals surface area contributed by atoms with Gasteiger partial charge in [0.15, 0.2) is 11.0 Å². The Morgan fingerprint density at radius 1 is 1.18 bits per heavy atom. The van der Waals surface area contributed by atoms with E-state index in [9.17, 15) is 4.79 Å². The number of carbonyl (C=O) groups is 1. The molecule has 3 heteroatoms. The first kappa shape index (κ1) is 13.4. The molecule has 2 fully saturated rings. The standard InChI is InChI=1S/C14H25O2S/c1-11(17-9-3-4-10-17)14(15)12-5-7-13(16-2)8-6-12/h11-13H,3-10H2,1-2H3/q+1. The highest BCUT2D eigenvalue weighted by atomic mass is 32.2. The fourth-order valence-electron chi connectivity index (χ4n) is 3.11. The molecule has 1 atom stereocenters. The van der Waals surface area contributed by atoms with E-state index in [0.29, 0.717) is 34.0 Å². The second-order valence-corrected chi connectivity index (χ2v) is 8.01. The van der Waals surface area contributed by atoms with Gasteiger partial charge in [0, 0.05) is 13.0 Å². The molecule has 2 aliphatic rings. The lowest BCUT2D eigenvalue weighted by atomic mass is 9.84. The molecule has 1 saturated carbocycles. The minimum atomic E-state index is 0.335. The lowest BCUT2D eigenvalue weighted by Gasteiger charge is -2.27. The zero-order valence-electron chi connectivity index (χ0n) is 11.1. The van der Waals surface area contributed by atoms with Crippen LogP contribution in [0, 0.1) is 5.92 Å². The highest BCUT2D eigenvalue weighted by Gasteiger charge is 2.39. The van der Waals surface area contributed by atoms with E-state index in [2.05, 4.69) is 6.92 Å². The van der Waals surface area contributed by atoms with E-state index in [4.69, 9.17) is 4.74 Å². The van der Waals surface area contributed by atoms with Gasteiger partial charge in [0.1, 0.15) is 11.5 Å². The quantitative estimate of drug-likeness (QED) is 0.724. The molecule has 1 unspecified atom stereocenters. The number of ketones is 1. The fourth-order valence-corrected chi connectivity index (χ4v) is 5.69. The molecular formula is C14H25O2S+. The summed E-state index contributed by atoms with van der Waals surface area (Å²) in [5, 5.41) is 0.335. The molecule has 0 amide bonds. The van der Waals surface area contributed by atoms with Crippen molar-refractivity contribution in [2.45, 2.75) is 56.8 Å². The van der Waals surface area contributed by atoms with Gasteiger partial charge in [-0.05, 0) is 56.3 Å². The summed E-state index contributed by atoms with van der Waals surface area (Å²) in [7, 11) is 2.19. The summed E-state index contributed by atoms with van der Waals surface area (Å²) in [6.45, 7) is 2.18. The number of ether oxygens (including phenoxy) is 1. The van der Waals surface area contributed by atoms with Gasteiger partial charge >= 0.3 is 0 Å². The summed E-state index contributed by atoms with van der Waals surface area (Å²) in [5.74, 6) is 3.51. The van der Waals surface area contributed by atoms with Crippen molar-refractivity contribution in [1.29, 1.82) is 0 Å². The summed E-state index contributed by atoms with van der Waals surface area (Å²) >= 11 is 0. The van der Waals surface area contributed by atoms with Crippen molar-refractivity contribution in [1.82, 2.24) is 0 Å². The van der Waals surface area contributed by atoms with Crippen molar-refractivity contribution in [2.75, 3.05) is 18.6 Å². The van der Waals surface area contributed by atoms with Crippen LogP contribution in [0.2, 0.25) is 0 Å². The third kappa shape index (κ3) is 3.25. The molecule has 0 aromatic heterocycles. The number of carbonyl (C=O) groups excluding carboxylic acids is 1. The SMILES string of the molecule is COC1CCC(C(=O)C(C)[S+]2CCCC2)CC1. The topological polar surface area (TPSA) is 26.3 Å². The van der Waals surface area contributed by atoms with Crippen LogP contribution in [-0.4, -0.2) is 35.8 Å². The average Bonchev–Trinajstić information content (AvgIpc) is 2.91. The summed E-state index contributed by atoms with van der Waals surface area (Å²) in [5.41, 5.74) is 0. The Bertz CT molecular complexity index is 253. The Kier molecular flexibility index (Phi) is 4.92. The second-order valence-electron chi connectivity index (χ2n) is 5.41. The Hall–Kier alpha value is -0.0200. The van der Waals surface area contributed by atoms with Crippen molar-refractivity contribution in [3.63, 3.8) is 0 Å². The van der Waals surface area contributed by atoms with Crippen LogP contribution in [0.3, 0.4) is 0 Å². The molecule has 0 N–H and O–H groups in total. The molecule has 0 radical (unpaired) electrons. The minimum Gasteiger partial charge on any atom is -0.381 e. The predicted octanol–water partition coefficient (Wildman–Crippen LogP) is 2.56. The zero-order valence-corrected chi connectivity index (χ0v) is 11.9. The molecule has 2 nitrogen and oxygen atoms in total. The Labute approximate surface area is 108 Å². The highest BCUT2D eigenvalue weighted by Crippen LogP contribution is 2.30. The van der Waals surface area contributed by atoms with Crippen molar-refractivity contribution < 1.29 is 9.53 Å². The summed E-state index contributed by atoms with van der Waals surface area (Å²) in [4.78, 5) is 12.4. The maximum atomic E-state index is 12.4. The lowest BCUT2D eigenvalue weighted by molar-refractivity contribution is -0.123. The number of hydrogen-bond acceptors (Lipinski definition) is 2. The van der Waals surface area contributed by atoms with E-state index >= 15 is 0 Å². The van der Waals surface area contributed by atoms with Crippen molar-refractivity contribution in [2.24, 2.45) is 5.92 Å². The number of Topliss-reactive ketones (excluding diaryl/α,β-unsaturated/α-hetero) is 1. The first-order valence-corrected chi connectivity index (χ1v) is 8.57. The molecule has 1 saturated heterocycles. The van der Waals surface area contributed by atoms with E-state index in [1.807, 2.05) is 0 Å². The van der Waals surface area contributed by atoms with Gasteiger partial charge in [-0.25, -0.2) is 0 Å². The van der Waals surface area contributed by atoms with Gasteiger partial charge in [-0.15, -0.1) is 0 Å². The third-order valence-corrected chi connectivity index (χ3v) is 7.23. The lowest BCUT2D eigenvalue weighted by Crippen LogP contribution is -2.36. The van der Waals surface area contributed by atoms with Gasteiger partial charge in [-0.2, -0.15) is 0 Å². The van der Waals surface area contributed by atoms with E-state index in [1.165, 1.54) is 24.3 Å². The molecule has 1 aliphatic carbocycles. The van der Waals surface area contributed by atoms with Crippen LogP contribution >= 0.6 is 0 Å². The largest absolute Gasteiger partial charge is 0.381 e. The molecule has 98 valence electrons. The Morgan fingerprint density at radius 2 is 1.76 bits per heavy atom. The van der Waals surface area contributed by atoms with Crippen LogP contribution in [0.25, 0.3) is 0 Å². The molecule has 0 aromatic rings. The third-order valence-electron chi connectivity index (χ3n) is 4.37. The molecule has 1 heterocycles. The van der Waals surface area contributed by atoms with E-state index in [-0.39, 0.29) is 0 Å². The molecular weight excluding hydrogens is 232 g/mol. The van der Waals surface area contributed by atoms with Crippen molar-refractivity contribution >= 4 is 16.7 Å². The number of hydrogen-bond donors (Lipinski definition) is 0. The van der Waals surface area contributed by atoms with Gasteiger partial charge < -0.3 is 4.74 Å². The molecule has 0 bridgehead atoms. The number of methoxy groups -OCH3 is 1. The monoisotopic (exact) mass is 257 g/mol. The molecule has 2 rings (SSSR count). The molecule has 1 aliphatic heterocycles. The summed E-state index contributed by atoms with van der Waals surface area (Å²) in [6.07, 6.45) is 7.36. The van der Waals surface area contributed by atoms with E-state index in [0.717, 1.165) is 25.7 Å². The molecule has 17 heavy (non-hydrogen) atoms. The zero-order chi connectivity index (χ0) is 12.3. The van der Waals surface area contributed by atoms with Gasteiger partial charge in [0.2, 0.25) is 0 Å².